The third-order valence-electron chi connectivity index (χ3n) is 4.06. The highest BCUT2D eigenvalue weighted by molar-refractivity contribution is 7.89. The molecule has 1 saturated heterocycles. The van der Waals surface area contributed by atoms with Crippen LogP contribution in [0.25, 0.3) is 0 Å². The molecule has 1 aliphatic rings. The number of aryl methyl sites for hydroxylation is 1. The second-order valence-electron chi connectivity index (χ2n) is 5.86. The van der Waals surface area contributed by atoms with E-state index in [4.69, 9.17) is 11.6 Å². The van der Waals surface area contributed by atoms with E-state index in [9.17, 15) is 13.2 Å². The van der Waals surface area contributed by atoms with Crippen molar-refractivity contribution in [2.45, 2.75) is 18.4 Å². The van der Waals surface area contributed by atoms with E-state index in [1.54, 1.807) is 17.0 Å². The molecule has 7 nitrogen and oxygen atoms in total. The molecular formula is C16H19ClN4O3S2. The molecule has 1 N–H and O–H groups in total. The van der Waals surface area contributed by atoms with Gasteiger partial charge < -0.3 is 10.2 Å². The Bertz CT molecular complexity index is 875. The fourth-order valence-electron chi connectivity index (χ4n) is 2.65. The molecule has 0 saturated carbocycles. The molecule has 1 fully saturated rings. The van der Waals surface area contributed by atoms with E-state index < -0.39 is 10.0 Å². The number of sulfonamides is 1. The molecule has 0 radical (unpaired) electrons. The second-order valence-corrected chi connectivity index (χ2v) is 9.30. The van der Waals surface area contributed by atoms with Gasteiger partial charge in [0.05, 0.1) is 22.1 Å². The lowest BCUT2D eigenvalue weighted by Gasteiger charge is -2.33. The van der Waals surface area contributed by atoms with E-state index in [0.717, 1.165) is 10.7 Å². The molecule has 3 rings (SSSR count). The molecule has 2 aromatic rings. The number of aromatic nitrogens is 1. The number of carbonyl (C=O) groups is 1. The van der Waals surface area contributed by atoms with E-state index in [1.165, 1.54) is 27.8 Å². The highest BCUT2D eigenvalue weighted by Crippen LogP contribution is 2.20. The normalized spacial score (nSPS) is 15.8. The summed E-state index contributed by atoms with van der Waals surface area (Å²) in [5.74, 6) is 0. The summed E-state index contributed by atoms with van der Waals surface area (Å²) in [6.45, 7) is 3.48. The Balaban J connectivity index is 1.54. The third kappa shape index (κ3) is 4.35. The Hall–Kier alpha value is -1.68. The number of carbonyl (C=O) groups excluding carboxylic acids is 1. The third-order valence-corrected chi connectivity index (χ3v) is 7.05. The van der Waals surface area contributed by atoms with E-state index >= 15 is 0 Å². The van der Waals surface area contributed by atoms with E-state index in [1.807, 2.05) is 12.3 Å². The number of thiazole rings is 1. The number of piperazine rings is 1. The number of benzene rings is 1. The molecule has 0 spiro atoms. The van der Waals surface area contributed by atoms with Crippen molar-refractivity contribution in [2.24, 2.45) is 0 Å². The quantitative estimate of drug-likeness (QED) is 0.832. The molecule has 10 heteroatoms. The van der Waals surface area contributed by atoms with Crippen LogP contribution in [0.1, 0.15) is 10.7 Å². The predicted octanol–water partition coefficient (Wildman–Crippen LogP) is 2.32. The largest absolute Gasteiger partial charge is 0.332 e. The van der Waals surface area contributed by atoms with Crippen LogP contribution in [-0.4, -0.2) is 54.8 Å². The average Bonchev–Trinajstić information content (AvgIpc) is 3.05. The van der Waals surface area contributed by atoms with E-state index in [2.05, 4.69) is 10.3 Å². The van der Waals surface area contributed by atoms with Gasteiger partial charge in [-0.15, -0.1) is 11.3 Å². The first-order chi connectivity index (χ1) is 12.4. The Morgan fingerprint density at radius 2 is 1.88 bits per heavy atom. The van der Waals surface area contributed by atoms with Gasteiger partial charge in [-0.1, -0.05) is 11.6 Å². The highest BCUT2D eigenvalue weighted by Gasteiger charge is 2.30. The van der Waals surface area contributed by atoms with E-state index in [-0.39, 0.29) is 24.0 Å². The number of nitrogens with zero attached hydrogens (tertiary/aromatic N) is 3. The Morgan fingerprint density at radius 3 is 2.46 bits per heavy atom. The number of halogens is 1. The van der Waals surface area contributed by atoms with Gasteiger partial charge in [0.25, 0.3) is 0 Å². The van der Waals surface area contributed by atoms with Crippen molar-refractivity contribution >= 4 is 39.0 Å². The second kappa shape index (κ2) is 7.91. The van der Waals surface area contributed by atoms with Crippen molar-refractivity contribution in [3.05, 3.63) is 45.4 Å². The van der Waals surface area contributed by atoms with Gasteiger partial charge >= 0.3 is 6.03 Å². The maximum Gasteiger partial charge on any atom is 0.317 e. The van der Waals surface area contributed by atoms with Crippen LogP contribution in [0.5, 0.6) is 0 Å². The first-order valence-electron chi connectivity index (χ1n) is 8.06. The van der Waals surface area contributed by atoms with Crippen molar-refractivity contribution in [2.75, 3.05) is 26.2 Å². The minimum Gasteiger partial charge on any atom is -0.332 e. The Kier molecular flexibility index (Phi) is 5.81. The zero-order chi connectivity index (χ0) is 18.7. The summed E-state index contributed by atoms with van der Waals surface area (Å²) in [6.07, 6.45) is 0. The number of amides is 2. The molecule has 0 unspecified atom stereocenters. The van der Waals surface area contributed by atoms with Crippen LogP contribution in [0.3, 0.4) is 0 Å². The molecule has 26 heavy (non-hydrogen) atoms. The lowest BCUT2D eigenvalue weighted by atomic mass is 10.4. The van der Waals surface area contributed by atoms with Crippen LogP contribution in [0.2, 0.25) is 5.02 Å². The molecule has 2 amide bonds. The van der Waals surface area contributed by atoms with Crippen molar-refractivity contribution in [3.63, 3.8) is 0 Å². The molecule has 1 aromatic heterocycles. The van der Waals surface area contributed by atoms with Gasteiger partial charge in [-0.25, -0.2) is 18.2 Å². The van der Waals surface area contributed by atoms with Gasteiger partial charge in [-0.05, 0) is 31.2 Å². The highest BCUT2D eigenvalue weighted by atomic mass is 35.5. The molecule has 1 aliphatic heterocycles. The minimum atomic E-state index is -3.57. The van der Waals surface area contributed by atoms with Crippen LogP contribution >= 0.6 is 22.9 Å². The summed E-state index contributed by atoms with van der Waals surface area (Å²) >= 11 is 7.35. The molecule has 0 bridgehead atoms. The van der Waals surface area contributed by atoms with Crippen LogP contribution in [0.4, 0.5) is 4.79 Å². The molecule has 0 atom stereocenters. The number of rotatable bonds is 4. The zero-order valence-electron chi connectivity index (χ0n) is 14.2. The summed E-state index contributed by atoms with van der Waals surface area (Å²) in [5.41, 5.74) is 0.824. The Labute approximate surface area is 161 Å². The fraction of sp³-hybridized carbons (Fsp3) is 0.375. The average molecular weight is 415 g/mol. The fourth-order valence-corrected chi connectivity index (χ4v) is 4.82. The smallest absolute Gasteiger partial charge is 0.317 e. The summed E-state index contributed by atoms with van der Waals surface area (Å²) in [6, 6.07) is 5.88. The maximum atomic E-state index is 12.6. The van der Waals surface area contributed by atoms with Crippen LogP contribution in [0.15, 0.2) is 34.5 Å². The van der Waals surface area contributed by atoms with Gasteiger partial charge in [-0.2, -0.15) is 4.31 Å². The van der Waals surface area contributed by atoms with Crippen LogP contribution < -0.4 is 5.32 Å². The van der Waals surface area contributed by atoms with Gasteiger partial charge in [0, 0.05) is 36.6 Å². The number of nitrogens with one attached hydrogen (secondary N) is 1. The monoisotopic (exact) mass is 414 g/mol. The SMILES string of the molecule is Cc1nc(CNC(=O)N2CCN(S(=O)(=O)c3ccc(Cl)cc3)CC2)cs1. The Morgan fingerprint density at radius 1 is 1.23 bits per heavy atom. The van der Waals surface area contributed by atoms with Gasteiger partial charge in [0.2, 0.25) is 10.0 Å². The molecule has 1 aromatic carbocycles. The number of hydrogen-bond acceptors (Lipinski definition) is 5. The number of hydrogen-bond donors (Lipinski definition) is 1. The van der Waals surface area contributed by atoms with Crippen molar-refractivity contribution < 1.29 is 13.2 Å². The van der Waals surface area contributed by atoms with Crippen molar-refractivity contribution in [1.82, 2.24) is 19.5 Å². The van der Waals surface area contributed by atoms with Gasteiger partial charge in [0.15, 0.2) is 0 Å². The summed E-state index contributed by atoms with van der Waals surface area (Å²) < 4.78 is 26.7. The maximum absolute atomic E-state index is 12.6. The first kappa shape index (κ1) is 19.1. The topological polar surface area (TPSA) is 82.6 Å². The minimum absolute atomic E-state index is 0.207. The molecular weight excluding hydrogens is 396 g/mol. The summed E-state index contributed by atoms with van der Waals surface area (Å²) in [5, 5.41) is 6.17. The standard InChI is InChI=1S/C16H19ClN4O3S2/c1-12-19-14(11-25-12)10-18-16(22)20-6-8-21(9-7-20)26(23,24)15-4-2-13(17)3-5-15/h2-5,11H,6-10H2,1H3,(H,18,22). The lowest BCUT2D eigenvalue weighted by Crippen LogP contribution is -2.52. The van der Waals surface area contributed by atoms with Crippen molar-refractivity contribution in [1.29, 1.82) is 0 Å². The van der Waals surface area contributed by atoms with Crippen LogP contribution in [0, 0.1) is 6.92 Å². The van der Waals surface area contributed by atoms with Gasteiger partial charge in [-0.3, -0.25) is 0 Å². The van der Waals surface area contributed by atoms with Crippen molar-refractivity contribution in [3.8, 4) is 0 Å². The zero-order valence-corrected chi connectivity index (χ0v) is 16.6. The summed E-state index contributed by atoms with van der Waals surface area (Å²) in [4.78, 5) is 18.4. The molecule has 140 valence electrons. The van der Waals surface area contributed by atoms with Gasteiger partial charge in [0.1, 0.15) is 0 Å². The molecule has 2 heterocycles. The summed E-state index contributed by atoms with van der Waals surface area (Å²) in [7, 11) is -3.57. The van der Waals surface area contributed by atoms with Crippen LogP contribution in [-0.2, 0) is 16.6 Å². The van der Waals surface area contributed by atoms with E-state index in [0.29, 0.717) is 24.7 Å². The predicted molar refractivity (Wildman–Crippen MR) is 101 cm³/mol. The molecule has 0 aliphatic carbocycles. The lowest BCUT2D eigenvalue weighted by molar-refractivity contribution is 0.172. The first-order valence-corrected chi connectivity index (χ1v) is 10.8. The number of urea groups is 1.